The van der Waals surface area contributed by atoms with Gasteiger partial charge in [-0.3, -0.25) is 4.79 Å². The molecule has 21 heavy (non-hydrogen) atoms. The van der Waals surface area contributed by atoms with Gasteiger partial charge in [-0.05, 0) is 18.1 Å². The molecule has 1 atom stereocenters. The van der Waals surface area contributed by atoms with Gasteiger partial charge in [0.15, 0.2) is 5.78 Å². The number of hydrogen-bond donors (Lipinski definition) is 1. The van der Waals surface area contributed by atoms with E-state index in [1.165, 1.54) is 6.07 Å². The fourth-order valence-corrected chi connectivity index (χ4v) is 2.16. The lowest BCUT2D eigenvalue weighted by Gasteiger charge is -2.22. The van der Waals surface area contributed by atoms with Gasteiger partial charge in [-0.15, -0.1) is 0 Å². The first-order chi connectivity index (χ1) is 9.61. The van der Waals surface area contributed by atoms with Crippen LogP contribution >= 0.6 is 0 Å². The van der Waals surface area contributed by atoms with Gasteiger partial charge in [0, 0.05) is 12.0 Å². The van der Waals surface area contributed by atoms with Crippen LogP contribution in [0, 0.1) is 5.92 Å². The van der Waals surface area contributed by atoms with Crippen LogP contribution in [0.15, 0.2) is 24.3 Å². The quantitative estimate of drug-likeness (QED) is 0.865. The number of carbonyl (C=O) groups is 1. The smallest absolute Gasteiger partial charge is 0.305 e. The number of halogens is 3. The number of benzene rings is 1. The molecule has 0 amide bonds. The Labute approximate surface area is 123 Å². The second-order valence-electron chi connectivity index (χ2n) is 5.83. The van der Waals surface area contributed by atoms with Crippen molar-refractivity contribution in [1.29, 1.82) is 0 Å². The van der Waals surface area contributed by atoms with Gasteiger partial charge in [0.25, 0.3) is 0 Å². The summed E-state index contributed by atoms with van der Waals surface area (Å²) in [6.45, 7) is 7.41. The molecule has 0 bridgehead atoms. The molecule has 0 heterocycles. The molecule has 0 fully saturated rings. The molecule has 5 heteroatoms. The summed E-state index contributed by atoms with van der Waals surface area (Å²) in [5.41, 5.74) is -0.169. The zero-order valence-electron chi connectivity index (χ0n) is 12.8. The molecule has 1 aromatic rings. The lowest BCUT2D eigenvalue weighted by molar-refractivity contribution is -0.137. The number of nitrogens with one attached hydrogen (secondary N) is 1. The number of rotatable bonds is 6. The van der Waals surface area contributed by atoms with Crippen LogP contribution < -0.4 is 5.32 Å². The second-order valence-corrected chi connectivity index (χ2v) is 5.83. The van der Waals surface area contributed by atoms with Crippen molar-refractivity contribution in [3.8, 4) is 0 Å². The molecule has 1 N–H and O–H groups in total. The minimum Gasteiger partial charge on any atom is -0.305 e. The summed E-state index contributed by atoms with van der Waals surface area (Å²) in [6.07, 6.45) is -4.10. The van der Waals surface area contributed by atoms with Crippen LogP contribution in [-0.4, -0.2) is 17.9 Å². The predicted molar refractivity (Wildman–Crippen MR) is 77.1 cm³/mol. The monoisotopic (exact) mass is 301 g/mol. The summed E-state index contributed by atoms with van der Waals surface area (Å²) in [6, 6.07) is 4.78. The summed E-state index contributed by atoms with van der Waals surface area (Å²) in [5, 5.41) is 3.14. The van der Waals surface area contributed by atoms with Crippen LogP contribution in [0.2, 0.25) is 0 Å². The maximum atomic E-state index is 12.7. The molecule has 0 saturated carbocycles. The van der Waals surface area contributed by atoms with E-state index < -0.39 is 17.8 Å². The number of alkyl halides is 3. The first kappa shape index (κ1) is 17.7. The van der Waals surface area contributed by atoms with Crippen molar-refractivity contribution in [3.63, 3.8) is 0 Å². The number of ketones is 1. The highest BCUT2D eigenvalue weighted by Gasteiger charge is 2.31. The molecule has 0 aliphatic carbocycles. The van der Waals surface area contributed by atoms with Crippen molar-refractivity contribution in [2.45, 2.75) is 52.4 Å². The Morgan fingerprint density at radius 1 is 1.19 bits per heavy atom. The van der Waals surface area contributed by atoms with Gasteiger partial charge in [0.1, 0.15) is 0 Å². The number of carbonyl (C=O) groups excluding carboxylic acids is 1. The summed E-state index contributed by atoms with van der Waals surface area (Å²) >= 11 is 0. The molecule has 1 rings (SSSR count). The molecule has 1 aromatic carbocycles. The highest BCUT2D eigenvalue weighted by Crippen LogP contribution is 2.29. The fraction of sp³-hybridized carbons (Fsp3) is 0.562. The molecule has 0 aromatic heterocycles. The van der Waals surface area contributed by atoms with E-state index in [4.69, 9.17) is 0 Å². The summed E-state index contributed by atoms with van der Waals surface area (Å²) in [7, 11) is 0. The second kappa shape index (κ2) is 7.07. The zero-order chi connectivity index (χ0) is 16.2. The molecule has 0 aliphatic heterocycles. The Hall–Kier alpha value is -1.36. The Kier molecular flexibility index (Phi) is 5.96. The third-order valence-electron chi connectivity index (χ3n) is 3.14. The first-order valence-corrected chi connectivity index (χ1v) is 7.07. The van der Waals surface area contributed by atoms with Gasteiger partial charge in [0.2, 0.25) is 0 Å². The third kappa shape index (κ3) is 5.50. The minimum absolute atomic E-state index is 0.0149. The summed E-state index contributed by atoms with van der Waals surface area (Å²) in [4.78, 5) is 12.2. The van der Waals surface area contributed by atoms with Gasteiger partial charge in [-0.1, -0.05) is 45.9 Å². The fourth-order valence-electron chi connectivity index (χ4n) is 2.16. The van der Waals surface area contributed by atoms with Crippen LogP contribution in [0.3, 0.4) is 0 Å². The van der Waals surface area contributed by atoms with Gasteiger partial charge in [-0.25, -0.2) is 0 Å². The van der Waals surface area contributed by atoms with Gasteiger partial charge in [0.05, 0.1) is 11.6 Å². The number of Topliss-reactive ketones (excluding diaryl/α,β-unsaturated/α-hetero) is 1. The molecule has 1 unspecified atom stereocenters. The van der Waals surface area contributed by atoms with E-state index in [9.17, 15) is 18.0 Å². The summed E-state index contributed by atoms with van der Waals surface area (Å²) < 4.78 is 38.2. The Morgan fingerprint density at radius 3 is 2.29 bits per heavy atom. The Bertz CT molecular complexity index is 481. The van der Waals surface area contributed by atoms with Crippen molar-refractivity contribution in [1.82, 2.24) is 5.32 Å². The van der Waals surface area contributed by atoms with Crippen LogP contribution in [-0.2, 0) is 17.4 Å². The van der Waals surface area contributed by atoms with E-state index in [1.54, 1.807) is 19.9 Å². The highest BCUT2D eigenvalue weighted by molar-refractivity contribution is 5.86. The predicted octanol–water partition coefficient (Wildman–Crippen LogP) is 3.84. The topological polar surface area (TPSA) is 29.1 Å². The first-order valence-electron chi connectivity index (χ1n) is 7.07. The normalized spacial score (nSPS) is 13.8. The van der Waals surface area contributed by atoms with E-state index >= 15 is 0 Å². The van der Waals surface area contributed by atoms with E-state index in [1.807, 2.05) is 13.8 Å². The van der Waals surface area contributed by atoms with Crippen LogP contribution in [0.5, 0.6) is 0 Å². The number of hydrogen-bond acceptors (Lipinski definition) is 2. The molecule has 0 saturated heterocycles. The molecule has 118 valence electrons. The maximum Gasteiger partial charge on any atom is 0.416 e. The van der Waals surface area contributed by atoms with Gasteiger partial charge >= 0.3 is 6.18 Å². The van der Waals surface area contributed by atoms with E-state index in [2.05, 4.69) is 5.32 Å². The zero-order valence-corrected chi connectivity index (χ0v) is 12.8. The molecular weight excluding hydrogens is 279 g/mol. The van der Waals surface area contributed by atoms with Crippen molar-refractivity contribution in [2.75, 3.05) is 0 Å². The SMILES string of the molecule is CC(C)NC(Cc1cccc(C(F)(F)F)c1)C(=O)C(C)C. The van der Waals surface area contributed by atoms with Crippen LogP contribution in [0.1, 0.15) is 38.8 Å². The maximum absolute atomic E-state index is 12.7. The lowest BCUT2D eigenvalue weighted by atomic mass is 9.94. The van der Waals surface area contributed by atoms with Crippen molar-refractivity contribution in [2.24, 2.45) is 5.92 Å². The molecule has 2 nitrogen and oxygen atoms in total. The third-order valence-corrected chi connectivity index (χ3v) is 3.14. The molecule has 0 radical (unpaired) electrons. The molecule has 0 aliphatic rings. The Morgan fingerprint density at radius 2 is 1.81 bits per heavy atom. The Balaban J connectivity index is 2.96. The molecular formula is C16H22F3NO. The highest BCUT2D eigenvalue weighted by atomic mass is 19.4. The van der Waals surface area contributed by atoms with Gasteiger partial charge < -0.3 is 5.32 Å². The molecule has 0 spiro atoms. The standard InChI is InChI=1S/C16H22F3NO/c1-10(2)15(21)14(20-11(3)4)9-12-6-5-7-13(8-12)16(17,18)19/h5-8,10-11,14,20H,9H2,1-4H3. The van der Waals surface area contributed by atoms with E-state index in [0.717, 1.165) is 12.1 Å². The average molecular weight is 301 g/mol. The van der Waals surface area contributed by atoms with Crippen molar-refractivity contribution in [3.05, 3.63) is 35.4 Å². The van der Waals surface area contributed by atoms with Crippen molar-refractivity contribution < 1.29 is 18.0 Å². The van der Waals surface area contributed by atoms with Crippen LogP contribution in [0.4, 0.5) is 13.2 Å². The lowest BCUT2D eigenvalue weighted by Crippen LogP contribution is -2.44. The average Bonchev–Trinajstić information content (AvgIpc) is 2.35. The van der Waals surface area contributed by atoms with Crippen LogP contribution in [0.25, 0.3) is 0 Å². The van der Waals surface area contributed by atoms with Crippen molar-refractivity contribution >= 4 is 5.78 Å². The summed E-state index contributed by atoms with van der Waals surface area (Å²) in [5.74, 6) is -0.145. The minimum atomic E-state index is -4.36. The van der Waals surface area contributed by atoms with E-state index in [0.29, 0.717) is 5.56 Å². The van der Waals surface area contributed by atoms with Gasteiger partial charge in [-0.2, -0.15) is 13.2 Å². The van der Waals surface area contributed by atoms with E-state index in [-0.39, 0.29) is 24.2 Å². The largest absolute Gasteiger partial charge is 0.416 e.